The Morgan fingerprint density at radius 3 is 2.31 bits per heavy atom. The van der Waals surface area contributed by atoms with Crippen molar-refractivity contribution in [3.8, 4) is 0 Å². The number of benzene rings is 3. The fourth-order valence-corrected chi connectivity index (χ4v) is 4.24. The number of nitrogens with one attached hydrogen (secondary N) is 1. The summed E-state index contributed by atoms with van der Waals surface area (Å²) >= 11 is 0. The van der Waals surface area contributed by atoms with Gasteiger partial charge in [0.15, 0.2) is 5.69 Å². The minimum absolute atomic E-state index is 0.139. The van der Waals surface area contributed by atoms with Gasteiger partial charge in [0.2, 0.25) is 0 Å². The van der Waals surface area contributed by atoms with Gasteiger partial charge in [0.1, 0.15) is 0 Å². The molecule has 1 unspecified atom stereocenters. The third kappa shape index (κ3) is 3.99. The highest BCUT2D eigenvalue weighted by Crippen LogP contribution is 2.21. The van der Waals surface area contributed by atoms with Crippen LogP contribution in [-0.2, 0) is 6.54 Å². The largest absolute Gasteiger partial charge is 0.380 e. The van der Waals surface area contributed by atoms with Crippen LogP contribution in [0, 0.1) is 0 Å². The first kappa shape index (κ1) is 20.0. The lowest BCUT2D eigenvalue weighted by atomic mass is 10.1. The van der Waals surface area contributed by atoms with Gasteiger partial charge in [0.25, 0.3) is 11.5 Å². The number of para-hydroxylation sites is 1. The van der Waals surface area contributed by atoms with Crippen LogP contribution in [-0.4, -0.2) is 39.7 Å². The van der Waals surface area contributed by atoms with Gasteiger partial charge in [0.05, 0.1) is 11.9 Å². The monoisotopic (exact) mass is 424 g/mol. The molecule has 2 heterocycles. The molecule has 1 aromatic heterocycles. The predicted molar refractivity (Wildman–Crippen MR) is 126 cm³/mol. The molecule has 1 N–H and O–H groups in total. The molecule has 32 heavy (non-hydrogen) atoms. The second kappa shape index (κ2) is 8.67. The fraction of sp³-hybridized carbons (Fsp3) is 0.192. The molecule has 0 bridgehead atoms. The third-order valence-corrected chi connectivity index (χ3v) is 5.87. The number of rotatable bonds is 5. The van der Waals surface area contributed by atoms with Crippen LogP contribution in [0.1, 0.15) is 22.5 Å². The summed E-state index contributed by atoms with van der Waals surface area (Å²) in [6.45, 7) is 1.57. The average molecular weight is 425 g/mol. The Kier molecular flexibility index (Phi) is 5.42. The van der Waals surface area contributed by atoms with E-state index in [1.807, 2.05) is 77.7 Å². The fourth-order valence-electron chi connectivity index (χ4n) is 4.24. The van der Waals surface area contributed by atoms with Crippen molar-refractivity contribution in [1.29, 1.82) is 0 Å². The van der Waals surface area contributed by atoms with E-state index in [1.165, 1.54) is 4.68 Å². The van der Waals surface area contributed by atoms with E-state index in [0.717, 1.165) is 17.7 Å². The molecule has 0 spiro atoms. The van der Waals surface area contributed by atoms with Crippen molar-refractivity contribution < 1.29 is 4.79 Å². The van der Waals surface area contributed by atoms with Crippen molar-refractivity contribution in [2.45, 2.75) is 19.0 Å². The number of nitrogens with zero attached hydrogens (tertiary/aromatic N) is 3. The van der Waals surface area contributed by atoms with E-state index in [1.54, 1.807) is 12.1 Å². The van der Waals surface area contributed by atoms with E-state index in [9.17, 15) is 9.59 Å². The summed E-state index contributed by atoms with van der Waals surface area (Å²) in [7, 11) is 0. The lowest BCUT2D eigenvalue weighted by molar-refractivity contribution is 0.0785. The quantitative estimate of drug-likeness (QED) is 0.530. The first-order valence-corrected chi connectivity index (χ1v) is 10.8. The van der Waals surface area contributed by atoms with Gasteiger partial charge < -0.3 is 10.2 Å². The number of carbonyl (C=O) groups excluding carboxylic acids is 1. The summed E-state index contributed by atoms with van der Waals surface area (Å²) < 4.78 is 1.40. The maximum Gasteiger partial charge on any atom is 0.275 e. The SMILES string of the molecule is O=C(c1nn(Cc2ccccc2)c(=O)c2ccccc12)N1CCC(Nc2ccccc2)C1. The highest BCUT2D eigenvalue weighted by atomic mass is 16.2. The second-order valence-corrected chi connectivity index (χ2v) is 8.09. The van der Waals surface area contributed by atoms with E-state index >= 15 is 0 Å². The van der Waals surface area contributed by atoms with Crippen LogP contribution in [0.3, 0.4) is 0 Å². The molecular weight excluding hydrogens is 400 g/mol. The second-order valence-electron chi connectivity index (χ2n) is 8.09. The molecule has 1 saturated heterocycles. The number of aromatic nitrogens is 2. The lowest BCUT2D eigenvalue weighted by Gasteiger charge is -2.19. The topological polar surface area (TPSA) is 67.2 Å². The molecule has 5 rings (SSSR count). The van der Waals surface area contributed by atoms with E-state index in [0.29, 0.717) is 36.1 Å². The molecule has 1 aliphatic rings. The van der Waals surface area contributed by atoms with Gasteiger partial charge in [-0.1, -0.05) is 66.7 Å². The van der Waals surface area contributed by atoms with E-state index in [2.05, 4.69) is 10.4 Å². The standard InChI is InChI=1S/C26H24N4O2/c31-25-23-14-8-7-13-22(23)24(28-30(25)17-19-9-3-1-4-10-19)26(32)29-16-15-21(18-29)27-20-11-5-2-6-12-20/h1-14,21,27H,15-18H2. The summed E-state index contributed by atoms with van der Waals surface area (Å²) in [5.74, 6) is -0.139. The predicted octanol–water partition coefficient (Wildman–Crippen LogP) is 3.77. The number of fused-ring (bicyclic) bond motifs is 1. The van der Waals surface area contributed by atoms with Crippen molar-refractivity contribution in [2.75, 3.05) is 18.4 Å². The van der Waals surface area contributed by atoms with Crippen LogP contribution in [0.15, 0.2) is 89.7 Å². The van der Waals surface area contributed by atoms with Gasteiger partial charge in [0, 0.05) is 30.2 Å². The van der Waals surface area contributed by atoms with Gasteiger partial charge in [-0.15, -0.1) is 0 Å². The third-order valence-electron chi connectivity index (χ3n) is 5.87. The minimum Gasteiger partial charge on any atom is -0.380 e. The molecular formula is C26H24N4O2. The molecule has 6 nitrogen and oxygen atoms in total. The molecule has 1 amide bonds. The number of carbonyl (C=O) groups is 1. The van der Waals surface area contributed by atoms with E-state index in [4.69, 9.17) is 0 Å². The zero-order chi connectivity index (χ0) is 21.9. The van der Waals surface area contributed by atoms with Crippen molar-refractivity contribution in [3.63, 3.8) is 0 Å². The number of hydrogen-bond donors (Lipinski definition) is 1. The smallest absolute Gasteiger partial charge is 0.275 e. The molecule has 4 aromatic rings. The Morgan fingerprint density at radius 2 is 1.56 bits per heavy atom. The molecule has 1 atom stereocenters. The summed E-state index contributed by atoms with van der Waals surface area (Å²) in [5, 5.41) is 9.16. The molecule has 160 valence electrons. The normalized spacial score (nSPS) is 15.8. The van der Waals surface area contributed by atoms with Crippen LogP contribution < -0.4 is 10.9 Å². The van der Waals surface area contributed by atoms with Gasteiger partial charge in [-0.3, -0.25) is 9.59 Å². The first-order valence-electron chi connectivity index (χ1n) is 10.8. The Morgan fingerprint density at radius 1 is 0.906 bits per heavy atom. The summed E-state index contributed by atoms with van der Waals surface area (Å²) in [5.41, 5.74) is 2.15. The van der Waals surface area contributed by atoms with Crippen LogP contribution in [0.5, 0.6) is 0 Å². The van der Waals surface area contributed by atoms with Gasteiger partial charge in [-0.25, -0.2) is 4.68 Å². The van der Waals surface area contributed by atoms with Crippen molar-refractivity contribution in [3.05, 3.63) is 107 Å². The van der Waals surface area contributed by atoms with E-state index < -0.39 is 0 Å². The van der Waals surface area contributed by atoms with Crippen LogP contribution >= 0.6 is 0 Å². The van der Waals surface area contributed by atoms with Gasteiger partial charge in [-0.2, -0.15) is 5.10 Å². The molecule has 6 heteroatoms. The number of hydrogen-bond acceptors (Lipinski definition) is 4. The minimum atomic E-state index is -0.189. The van der Waals surface area contributed by atoms with Gasteiger partial charge in [-0.05, 0) is 30.2 Å². The lowest BCUT2D eigenvalue weighted by Crippen LogP contribution is -2.34. The number of anilines is 1. The highest BCUT2D eigenvalue weighted by Gasteiger charge is 2.29. The van der Waals surface area contributed by atoms with Gasteiger partial charge >= 0.3 is 0 Å². The molecule has 0 aliphatic carbocycles. The van der Waals surface area contributed by atoms with Crippen LogP contribution in [0.25, 0.3) is 10.8 Å². The van der Waals surface area contributed by atoms with Crippen LogP contribution in [0.2, 0.25) is 0 Å². The first-order chi connectivity index (χ1) is 15.7. The maximum absolute atomic E-state index is 13.5. The Bertz CT molecular complexity index is 1300. The van der Waals surface area contributed by atoms with Crippen molar-refractivity contribution in [2.24, 2.45) is 0 Å². The van der Waals surface area contributed by atoms with Crippen LogP contribution in [0.4, 0.5) is 5.69 Å². The average Bonchev–Trinajstić information content (AvgIpc) is 3.30. The molecule has 1 aliphatic heterocycles. The molecule has 0 saturated carbocycles. The number of amides is 1. The zero-order valence-corrected chi connectivity index (χ0v) is 17.6. The Labute approximate surface area is 186 Å². The number of likely N-dealkylation sites (tertiary alicyclic amines) is 1. The summed E-state index contributed by atoms with van der Waals surface area (Å²) in [4.78, 5) is 28.4. The van der Waals surface area contributed by atoms with Crippen molar-refractivity contribution in [1.82, 2.24) is 14.7 Å². The summed E-state index contributed by atoms with van der Waals surface area (Å²) in [6, 6.07) is 27.1. The molecule has 0 radical (unpaired) electrons. The summed E-state index contributed by atoms with van der Waals surface area (Å²) in [6.07, 6.45) is 0.863. The molecule has 1 fully saturated rings. The Balaban J connectivity index is 1.44. The maximum atomic E-state index is 13.5. The van der Waals surface area contributed by atoms with Crippen molar-refractivity contribution >= 4 is 22.4 Å². The zero-order valence-electron chi connectivity index (χ0n) is 17.6. The highest BCUT2D eigenvalue weighted by molar-refractivity contribution is 6.04. The molecule has 3 aromatic carbocycles. The van der Waals surface area contributed by atoms with E-state index in [-0.39, 0.29) is 17.5 Å². The Hall–Kier alpha value is -3.93.